The molecule has 1 aromatic rings. The molecule has 0 saturated heterocycles. The molecule has 110 valence electrons. The average Bonchev–Trinajstić information content (AvgIpc) is 2.41. The summed E-state index contributed by atoms with van der Waals surface area (Å²) < 4.78 is 0. The molecule has 1 aliphatic rings. The Balaban J connectivity index is 2.03. The minimum absolute atomic E-state index is 0.127. The molecule has 2 N–H and O–H groups in total. The van der Waals surface area contributed by atoms with Gasteiger partial charge in [-0.15, -0.1) is 0 Å². The second kappa shape index (κ2) is 6.40. The molecule has 0 aromatic heterocycles. The van der Waals surface area contributed by atoms with Gasteiger partial charge in [0.25, 0.3) is 0 Å². The molecular weight excluding hydrogens is 248 g/mol. The minimum Gasteiger partial charge on any atom is -0.356 e. The number of fused-ring (bicyclic) bond motifs is 1. The van der Waals surface area contributed by atoms with Crippen LogP contribution in [-0.2, 0) is 11.2 Å². The van der Waals surface area contributed by atoms with Crippen LogP contribution in [0.2, 0.25) is 0 Å². The molecule has 20 heavy (non-hydrogen) atoms. The molecule has 1 atom stereocenters. The highest BCUT2D eigenvalue weighted by Gasteiger charge is 2.35. The number of carbonyl (C=O) groups is 1. The highest BCUT2D eigenvalue weighted by molar-refractivity contribution is 5.75. The fourth-order valence-corrected chi connectivity index (χ4v) is 3.07. The quantitative estimate of drug-likeness (QED) is 0.867. The zero-order chi connectivity index (χ0) is 14.6. The van der Waals surface area contributed by atoms with Crippen LogP contribution in [0, 0.1) is 5.41 Å². The van der Waals surface area contributed by atoms with Crippen LogP contribution in [0.4, 0.5) is 0 Å². The van der Waals surface area contributed by atoms with Crippen molar-refractivity contribution in [3.63, 3.8) is 0 Å². The van der Waals surface area contributed by atoms with Gasteiger partial charge in [0.15, 0.2) is 0 Å². The van der Waals surface area contributed by atoms with Crippen LogP contribution >= 0.6 is 0 Å². The molecule has 1 aromatic carbocycles. The van der Waals surface area contributed by atoms with Crippen molar-refractivity contribution in [1.82, 2.24) is 10.6 Å². The van der Waals surface area contributed by atoms with E-state index in [-0.39, 0.29) is 11.3 Å². The fraction of sp³-hybridized carbons (Fsp3) is 0.588. The van der Waals surface area contributed by atoms with E-state index >= 15 is 0 Å². The van der Waals surface area contributed by atoms with E-state index in [1.807, 2.05) is 6.92 Å². The van der Waals surface area contributed by atoms with Crippen molar-refractivity contribution < 1.29 is 4.79 Å². The van der Waals surface area contributed by atoms with Gasteiger partial charge in [-0.3, -0.25) is 4.79 Å². The summed E-state index contributed by atoms with van der Waals surface area (Å²) in [4.78, 5) is 11.5. The summed E-state index contributed by atoms with van der Waals surface area (Å²) >= 11 is 0. The van der Waals surface area contributed by atoms with E-state index in [0.717, 1.165) is 13.0 Å². The third-order valence-corrected chi connectivity index (χ3v) is 4.26. The van der Waals surface area contributed by atoms with Crippen molar-refractivity contribution in [3.8, 4) is 0 Å². The van der Waals surface area contributed by atoms with E-state index in [1.165, 1.54) is 17.5 Å². The van der Waals surface area contributed by atoms with Crippen LogP contribution < -0.4 is 10.6 Å². The van der Waals surface area contributed by atoms with Gasteiger partial charge in [-0.1, -0.05) is 38.1 Å². The van der Waals surface area contributed by atoms with Gasteiger partial charge < -0.3 is 10.6 Å². The summed E-state index contributed by atoms with van der Waals surface area (Å²) in [5.41, 5.74) is 3.08. The lowest BCUT2D eigenvalue weighted by molar-refractivity contribution is -0.120. The normalized spacial score (nSPS) is 20.2. The Labute approximate surface area is 122 Å². The van der Waals surface area contributed by atoms with E-state index < -0.39 is 0 Å². The van der Waals surface area contributed by atoms with Gasteiger partial charge in [0, 0.05) is 25.6 Å². The summed E-state index contributed by atoms with van der Waals surface area (Å²) in [6.07, 6.45) is 2.88. The predicted molar refractivity (Wildman–Crippen MR) is 82.6 cm³/mol. The maximum absolute atomic E-state index is 11.5. The molecule has 3 heteroatoms. The second-order valence-corrected chi connectivity index (χ2v) is 6.28. The van der Waals surface area contributed by atoms with Crippen LogP contribution in [0.5, 0.6) is 0 Å². The molecule has 0 spiro atoms. The van der Waals surface area contributed by atoms with Crippen molar-refractivity contribution in [1.29, 1.82) is 0 Å². The third kappa shape index (κ3) is 3.40. The van der Waals surface area contributed by atoms with E-state index in [1.54, 1.807) is 0 Å². The monoisotopic (exact) mass is 274 g/mol. The molecule has 0 fully saturated rings. The largest absolute Gasteiger partial charge is 0.356 e. The van der Waals surface area contributed by atoms with Gasteiger partial charge in [0.1, 0.15) is 0 Å². The summed E-state index contributed by atoms with van der Waals surface area (Å²) in [5, 5.41) is 6.44. The van der Waals surface area contributed by atoms with Crippen molar-refractivity contribution in [2.45, 2.75) is 46.1 Å². The summed E-state index contributed by atoms with van der Waals surface area (Å²) in [6.45, 7) is 8.01. The van der Waals surface area contributed by atoms with Crippen molar-refractivity contribution in [3.05, 3.63) is 35.4 Å². The Morgan fingerprint density at radius 1 is 1.35 bits per heavy atom. The molecular formula is C17H26N2O. The number of nitrogens with one attached hydrogen (secondary N) is 2. The Kier molecular flexibility index (Phi) is 4.81. The Morgan fingerprint density at radius 3 is 2.85 bits per heavy atom. The van der Waals surface area contributed by atoms with Gasteiger partial charge >= 0.3 is 0 Å². The van der Waals surface area contributed by atoms with Gasteiger partial charge in [0.05, 0.1) is 0 Å². The van der Waals surface area contributed by atoms with Crippen LogP contribution in [0.15, 0.2) is 24.3 Å². The zero-order valence-corrected chi connectivity index (χ0v) is 12.8. The molecule has 3 nitrogen and oxygen atoms in total. The minimum atomic E-state index is 0.127. The SMILES string of the molecule is CCNC(=O)CCNC1c2ccccc2CCC1(C)C. The average molecular weight is 274 g/mol. The number of rotatable bonds is 5. The smallest absolute Gasteiger partial charge is 0.221 e. The predicted octanol–water partition coefficient (Wildman–Crippen LogP) is 2.82. The van der Waals surface area contributed by atoms with Crippen LogP contribution in [0.25, 0.3) is 0 Å². The van der Waals surface area contributed by atoms with Gasteiger partial charge in [-0.2, -0.15) is 0 Å². The lowest BCUT2D eigenvalue weighted by atomic mass is 9.70. The molecule has 0 saturated carbocycles. The standard InChI is InChI=1S/C17H26N2O/c1-4-18-15(20)10-12-19-16-14-8-6-5-7-13(14)9-11-17(16,2)3/h5-8,16,19H,4,9-12H2,1-3H3,(H,18,20). The zero-order valence-electron chi connectivity index (χ0n) is 12.8. The first-order valence-corrected chi connectivity index (χ1v) is 7.62. The van der Waals surface area contributed by atoms with E-state index in [4.69, 9.17) is 0 Å². The van der Waals surface area contributed by atoms with Gasteiger partial charge in [-0.25, -0.2) is 0 Å². The molecule has 0 aliphatic heterocycles. The van der Waals surface area contributed by atoms with Gasteiger partial charge in [-0.05, 0) is 36.3 Å². The molecule has 1 amide bonds. The van der Waals surface area contributed by atoms with E-state index in [2.05, 4.69) is 48.7 Å². The highest BCUT2D eigenvalue weighted by atomic mass is 16.1. The number of carbonyl (C=O) groups excluding carboxylic acids is 1. The summed E-state index contributed by atoms with van der Waals surface area (Å²) in [5.74, 6) is 0.127. The van der Waals surface area contributed by atoms with Crippen molar-refractivity contribution in [2.75, 3.05) is 13.1 Å². The lowest BCUT2D eigenvalue weighted by Gasteiger charge is -2.40. The molecule has 0 bridgehead atoms. The van der Waals surface area contributed by atoms with Crippen LogP contribution in [-0.4, -0.2) is 19.0 Å². The molecule has 1 aliphatic carbocycles. The van der Waals surface area contributed by atoms with Crippen LogP contribution in [0.3, 0.4) is 0 Å². The second-order valence-electron chi connectivity index (χ2n) is 6.28. The van der Waals surface area contributed by atoms with E-state index in [0.29, 0.717) is 19.0 Å². The maximum Gasteiger partial charge on any atom is 0.221 e. The Morgan fingerprint density at radius 2 is 2.10 bits per heavy atom. The number of hydrogen-bond acceptors (Lipinski definition) is 2. The number of aryl methyl sites for hydroxylation is 1. The van der Waals surface area contributed by atoms with Crippen LogP contribution in [0.1, 0.15) is 50.8 Å². The third-order valence-electron chi connectivity index (χ3n) is 4.26. The van der Waals surface area contributed by atoms with E-state index in [9.17, 15) is 4.79 Å². The highest BCUT2D eigenvalue weighted by Crippen LogP contribution is 2.43. The topological polar surface area (TPSA) is 41.1 Å². The lowest BCUT2D eigenvalue weighted by Crippen LogP contribution is -2.39. The first-order valence-electron chi connectivity index (χ1n) is 7.62. The van der Waals surface area contributed by atoms with Gasteiger partial charge in [0.2, 0.25) is 5.91 Å². The number of amides is 1. The molecule has 1 unspecified atom stereocenters. The van der Waals surface area contributed by atoms with Crippen molar-refractivity contribution in [2.24, 2.45) is 5.41 Å². The first-order chi connectivity index (χ1) is 9.54. The summed E-state index contributed by atoms with van der Waals surface area (Å²) in [6, 6.07) is 9.01. The Bertz CT molecular complexity index is 468. The maximum atomic E-state index is 11.5. The Hall–Kier alpha value is -1.35. The van der Waals surface area contributed by atoms with Crippen molar-refractivity contribution >= 4 is 5.91 Å². The summed E-state index contributed by atoms with van der Waals surface area (Å²) in [7, 11) is 0. The number of hydrogen-bond donors (Lipinski definition) is 2. The molecule has 0 radical (unpaired) electrons. The molecule has 0 heterocycles. The fourth-order valence-electron chi connectivity index (χ4n) is 3.07. The number of benzene rings is 1. The molecule has 2 rings (SSSR count). The first kappa shape index (κ1) is 15.0.